The van der Waals surface area contributed by atoms with Crippen LogP contribution in [0, 0.1) is 17.8 Å². The van der Waals surface area contributed by atoms with Gasteiger partial charge < -0.3 is 14.8 Å². The summed E-state index contributed by atoms with van der Waals surface area (Å²) in [7, 11) is 1.41. The van der Waals surface area contributed by atoms with Crippen LogP contribution in [-0.4, -0.2) is 26.2 Å². The summed E-state index contributed by atoms with van der Waals surface area (Å²) in [5.41, 5.74) is 0.902. The van der Waals surface area contributed by atoms with Crippen LogP contribution in [0.3, 0.4) is 0 Å². The van der Waals surface area contributed by atoms with Crippen molar-refractivity contribution in [3.63, 3.8) is 0 Å². The topological polar surface area (TPSA) is 47.6 Å². The summed E-state index contributed by atoms with van der Waals surface area (Å²) in [5.74, 6) is 2.56. The molecule has 3 rings (SSSR count). The molecule has 4 nitrogen and oxygen atoms in total. The molecule has 3 atom stereocenters. The van der Waals surface area contributed by atoms with E-state index >= 15 is 0 Å². The Balaban J connectivity index is 1.44. The van der Waals surface area contributed by atoms with Gasteiger partial charge in [-0.25, -0.2) is 0 Å². The third kappa shape index (κ3) is 4.61. The first-order chi connectivity index (χ1) is 12.0. The quantitative estimate of drug-likeness (QED) is 0.774. The van der Waals surface area contributed by atoms with Crippen molar-refractivity contribution >= 4 is 5.91 Å². The molecule has 1 N–H and O–H groups in total. The molecule has 2 saturated carbocycles. The van der Waals surface area contributed by atoms with Crippen molar-refractivity contribution in [2.45, 2.75) is 45.1 Å². The number of fused-ring (bicyclic) bond motifs is 2. The Morgan fingerprint density at radius 2 is 2.12 bits per heavy atom. The second-order valence-electron chi connectivity index (χ2n) is 7.10. The molecule has 1 amide bonds. The zero-order chi connectivity index (χ0) is 17.8. The summed E-state index contributed by atoms with van der Waals surface area (Å²) in [4.78, 5) is 12.1. The van der Waals surface area contributed by atoms with E-state index in [1.165, 1.54) is 38.9 Å². The predicted octanol–water partition coefficient (Wildman–Crippen LogP) is 3.78. The van der Waals surface area contributed by atoms with E-state index in [4.69, 9.17) is 4.74 Å². The molecular weight excluding hydrogens is 328 g/mol. The number of ether oxygens (including phenoxy) is 2. The smallest absolute Gasteiger partial charge is 0.387 e. The Hall–Kier alpha value is -1.85. The van der Waals surface area contributed by atoms with Crippen LogP contribution in [0.25, 0.3) is 0 Å². The maximum absolute atomic E-state index is 12.3. The minimum atomic E-state index is -2.88. The number of halogens is 2. The Kier molecular flexibility index (Phi) is 5.76. The fourth-order valence-corrected chi connectivity index (χ4v) is 4.34. The van der Waals surface area contributed by atoms with Crippen LogP contribution < -0.4 is 14.8 Å². The highest BCUT2D eigenvalue weighted by Crippen LogP contribution is 2.49. The van der Waals surface area contributed by atoms with Crippen molar-refractivity contribution in [1.82, 2.24) is 5.32 Å². The lowest BCUT2D eigenvalue weighted by molar-refractivity contribution is -0.122. The average Bonchev–Trinajstić information content (AvgIpc) is 3.18. The third-order valence-electron chi connectivity index (χ3n) is 5.51. The van der Waals surface area contributed by atoms with Gasteiger partial charge in [-0.05, 0) is 61.1 Å². The van der Waals surface area contributed by atoms with E-state index in [9.17, 15) is 13.6 Å². The summed E-state index contributed by atoms with van der Waals surface area (Å²) in [6.45, 7) is -2.36. The summed E-state index contributed by atoms with van der Waals surface area (Å²) in [6, 6.07) is 4.85. The van der Waals surface area contributed by atoms with Crippen LogP contribution in [0.2, 0.25) is 0 Å². The zero-order valence-electron chi connectivity index (χ0n) is 14.5. The largest absolute Gasteiger partial charge is 0.493 e. The summed E-state index contributed by atoms with van der Waals surface area (Å²) < 4.78 is 34.1. The molecule has 0 unspecified atom stereocenters. The van der Waals surface area contributed by atoms with E-state index < -0.39 is 6.61 Å². The molecule has 6 heteroatoms. The summed E-state index contributed by atoms with van der Waals surface area (Å²) in [5, 5.41) is 2.97. The van der Waals surface area contributed by atoms with Gasteiger partial charge in [0.1, 0.15) is 0 Å². The SMILES string of the molecule is COc1cc(CCNC(=O)C[C@@H]2C[C@H]3CC[C@@H]2C3)ccc1OC(F)F. The number of hydrogen-bond acceptors (Lipinski definition) is 3. The van der Waals surface area contributed by atoms with Gasteiger partial charge in [-0.3, -0.25) is 4.79 Å². The van der Waals surface area contributed by atoms with Gasteiger partial charge in [0.05, 0.1) is 7.11 Å². The highest BCUT2D eigenvalue weighted by atomic mass is 19.3. The lowest BCUT2D eigenvalue weighted by atomic mass is 9.86. The Morgan fingerprint density at radius 3 is 2.76 bits per heavy atom. The van der Waals surface area contributed by atoms with E-state index in [-0.39, 0.29) is 17.4 Å². The molecule has 2 aliphatic rings. The van der Waals surface area contributed by atoms with Crippen LogP contribution >= 0.6 is 0 Å². The molecule has 0 heterocycles. The number of alkyl halides is 2. The highest BCUT2D eigenvalue weighted by Gasteiger charge is 2.39. The monoisotopic (exact) mass is 353 g/mol. The first-order valence-corrected chi connectivity index (χ1v) is 8.93. The van der Waals surface area contributed by atoms with Crippen LogP contribution in [0.5, 0.6) is 11.5 Å². The Labute approximate surface area is 146 Å². The van der Waals surface area contributed by atoms with Gasteiger partial charge in [0.15, 0.2) is 11.5 Å². The number of amides is 1. The molecule has 0 aliphatic heterocycles. The Morgan fingerprint density at radius 1 is 1.28 bits per heavy atom. The number of benzene rings is 1. The molecule has 2 aliphatic carbocycles. The minimum Gasteiger partial charge on any atom is -0.493 e. The number of nitrogens with one attached hydrogen (secondary N) is 1. The normalized spacial score (nSPS) is 24.6. The van der Waals surface area contributed by atoms with Crippen LogP contribution in [0.1, 0.15) is 37.7 Å². The van der Waals surface area contributed by atoms with Crippen molar-refractivity contribution in [3.05, 3.63) is 23.8 Å². The lowest BCUT2D eigenvalue weighted by Gasteiger charge is -2.20. The van der Waals surface area contributed by atoms with Gasteiger partial charge in [-0.1, -0.05) is 12.5 Å². The summed E-state index contributed by atoms with van der Waals surface area (Å²) in [6.07, 6.45) is 6.40. The molecule has 25 heavy (non-hydrogen) atoms. The second kappa shape index (κ2) is 8.02. The maximum atomic E-state index is 12.3. The fraction of sp³-hybridized carbons (Fsp3) is 0.632. The molecule has 2 fully saturated rings. The molecule has 0 spiro atoms. The predicted molar refractivity (Wildman–Crippen MR) is 89.9 cm³/mol. The van der Waals surface area contributed by atoms with E-state index in [0.717, 1.165) is 17.4 Å². The first kappa shape index (κ1) is 18.0. The number of carbonyl (C=O) groups excluding carboxylic acids is 1. The molecule has 1 aromatic carbocycles. The van der Waals surface area contributed by atoms with Gasteiger partial charge in [0.2, 0.25) is 5.91 Å². The van der Waals surface area contributed by atoms with Gasteiger partial charge in [-0.15, -0.1) is 0 Å². The van der Waals surface area contributed by atoms with Crippen molar-refractivity contribution < 1.29 is 23.0 Å². The van der Waals surface area contributed by atoms with Crippen molar-refractivity contribution in [3.8, 4) is 11.5 Å². The third-order valence-corrected chi connectivity index (χ3v) is 5.51. The number of methoxy groups -OCH3 is 1. The van der Waals surface area contributed by atoms with Crippen molar-refractivity contribution in [2.24, 2.45) is 17.8 Å². The van der Waals surface area contributed by atoms with Gasteiger partial charge in [-0.2, -0.15) is 8.78 Å². The Bertz CT molecular complexity index is 608. The van der Waals surface area contributed by atoms with E-state index in [1.54, 1.807) is 12.1 Å². The van der Waals surface area contributed by atoms with Crippen molar-refractivity contribution in [2.75, 3.05) is 13.7 Å². The van der Waals surface area contributed by atoms with Gasteiger partial charge >= 0.3 is 6.61 Å². The number of hydrogen-bond donors (Lipinski definition) is 1. The molecule has 0 saturated heterocycles. The van der Waals surface area contributed by atoms with Crippen LogP contribution in [-0.2, 0) is 11.2 Å². The molecule has 0 aromatic heterocycles. The van der Waals surface area contributed by atoms with E-state index in [0.29, 0.717) is 25.3 Å². The fourth-order valence-electron chi connectivity index (χ4n) is 4.34. The average molecular weight is 353 g/mol. The molecule has 0 radical (unpaired) electrons. The minimum absolute atomic E-state index is 0.0153. The highest BCUT2D eigenvalue weighted by molar-refractivity contribution is 5.76. The number of rotatable bonds is 8. The molecule has 138 valence electrons. The first-order valence-electron chi connectivity index (χ1n) is 8.93. The van der Waals surface area contributed by atoms with Crippen LogP contribution in [0.15, 0.2) is 18.2 Å². The number of carbonyl (C=O) groups is 1. The molecule has 2 bridgehead atoms. The van der Waals surface area contributed by atoms with Crippen molar-refractivity contribution in [1.29, 1.82) is 0 Å². The molecular formula is C19H25F2NO3. The molecule has 1 aromatic rings. The van der Waals surface area contributed by atoms with E-state index in [2.05, 4.69) is 10.1 Å². The van der Waals surface area contributed by atoms with Gasteiger partial charge in [0.25, 0.3) is 0 Å². The van der Waals surface area contributed by atoms with E-state index in [1.807, 2.05) is 0 Å². The summed E-state index contributed by atoms with van der Waals surface area (Å²) >= 11 is 0. The second-order valence-corrected chi connectivity index (χ2v) is 7.10. The van der Waals surface area contributed by atoms with Crippen LogP contribution in [0.4, 0.5) is 8.78 Å². The zero-order valence-corrected chi connectivity index (χ0v) is 14.5. The standard InChI is InChI=1S/C19H25F2NO3/c1-24-17-10-12(3-5-16(17)25-19(20)21)6-7-22-18(23)11-15-9-13-2-4-14(15)8-13/h3,5,10,13-15,19H,2,4,6-9,11H2,1H3,(H,22,23)/t13-,14+,15-/m0/s1. The maximum Gasteiger partial charge on any atom is 0.387 e. The van der Waals surface area contributed by atoms with Gasteiger partial charge in [0, 0.05) is 13.0 Å². The lowest BCUT2D eigenvalue weighted by Crippen LogP contribution is -2.29.